The van der Waals surface area contributed by atoms with E-state index in [1.165, 1.54) is 0 Å². The molecular weight excluding hydrogens is 218 g/mol. The van der Waals surface area contributed by atoms with Crippen molar-refractivity contribution in [2.75, 3.05) is 13.2 Å². The average molecular weight is 237 g/mol. The Morgan fingerprint density at radius 2 is 2.06 bits per heavy atom. The third-order valence-electron chi connectivity index (χ3n) is 3.42. The zero-order valence-electron chi connectivity index (χ0n) is 9.98. The lowest BCUT2D eigenvalue weighted by molar-refractivity contribution is 0.0939. The van der Waals surface area contributed by atoms with E-state index in [0.29, 0.717) is 0 Å². The van der Waals surface area contributed by atoms with Gasteiger partial charge in [-0.05, 0) is 43.0 Å². The summed E-state index contributed by atoms with van der Waals surface area (Å²) in [6, 6.07) is 5.50. The van der Waals surface area contributed by atoms with Gasteiger partial charge in [-0.2, -0.15) is 0 Å². The molecule has 1 aromatic carbocycles. The summed E-state index contributed by atoms with van der Waals surface area (Å²) >= 11 is 0. The molecule has 2 rings (SSSR count). The molecule has 0 aliphatic heterocycles. The van der Waals surface area contributed by atoms with E-state index in [0.717, 1.165) is 24.0 Å². The predicted octanol–water partition coefficient (Wildman–Crippen LogP) is 0.712. The highest BCUT2D eigenvalue weighted by Gasteiger charge is 2.30. The van der Waals surface area contributed by atoms with Crippen LogP contribution in [-0.4, -0.2) is 34.1 Å². The number of aliphatic hydroxyl groups is 2. The van der Waals surface area contributed by atoms with Gasteiger partial charge in [0.25, 0.3) is 0 Å². The van der Waals surface area contributed by atoms with E-state index in [-0.39, 0.29) is 25.0 Å². The largest absolute Gasteiger partial charge is 0.508 e. The van der Waals surface area contributed by atoms with E-state index in [4.69, 9.17) is 0 Å². The first-order valence-electron chi connectivity index (χ1n) is 5.89. The van der Waals surface area contributed by atoms with E-state index >= 15 is 0 Å². The molecule has 0 fully saturated rings. The number of phenolic OH excluding ortho intramolecular Hbond substituents is 1. The van der Waals surface area contributed by atoms with Crippen LogP contribution in [-0.2, 0) is 6.42 Å². The molecule has 17 heavy (non-hydrogen) atoms. The first-order chi connectivity index (χ1) is 8.08. The maximum atomic E-state index is 9.41. The standard InChI is InChI=1S/C13H19NO3/c1-13(7-15,8-16)14-12-5-2-9-6-10(17)3-4-11(9)12/h3-4,6,12,14-17H,2,5,7-8H2,1H3. The molecule has 0 aromatic heterocycles. The van der Waals surface area contributed by atoms with Gasteiger partial charge in [0.2, 0.25) is 0 Å². The Morgan fingerprint density at radius 1 is 1.35 bits per heavy atom. The first-order valence-corrected chi connectivity index (χ1v) is 5.89. The lowest BCUT2D eigenvalue weighted by Crippen LogP contribution is -2.50. The van der Waals surface area contributed by atoms with Crippen molar-refractivity contribution < 1.29 is 15.3 Å². The second kappa shape index (κ2) is 4.64. The number of benzene rings is 1. The van der Waals surface area contributed by atoms with Gasteiger partial charge in [0, 0.05) is 6.04 Å². The Hall–Kier alpha value is -1.10. The van der Waals surface area contributed by atoms with Gasteiger partial charge in [0.15, 0.2) is 0 Å². The summed E-state index contributed by atoms with van der Waals surface area (Å²) in [7, 11) is 0. The van der Waals surface area contributed by atoms with Gasteiger partial charge in [-0.25, -0.2) is 0 Å². The van der Waals surface area contributed by atoms with Crippen LogP contribution in [0.25, 0.3) is 0 Å². The molecule has 0 radical (unpaired) electrons. The topological polar surface area (TPSA) is 72.7 Å². The van der Waals surface area contributed by atoms with Crippen LogP contribution in [0.4, 0.5) is 0 Å². The maximum absolute atomic E-state index is 9.41. The number of phenols is 1. The SMILES string of the molecule is CC(CO)(CO)NC1CCc2cc(O)ccc21. The molecule has 1 atom stereocenters. The molecule has 4 nitrogen and oxygen atoms in total. The van der Waals surface area contributed by atoms with Gasteiger partial charge in [-0.1, -0.05) is 6.07 Å². The van der Waals surface area contributed by atoms with Gasteiger partial charge in [0.05, 0.1) is 18.8 Å². The van der Waals surface area contributed by atoms with E-state index in [2.05, 4.69) is 5.32 Å². The zero-order valence-corrected chi connectivity index (χ0v) is 9.98. The van der Waals surface area contributed by atoms with Gasteiger partial charge in [0.1, 0.15) is 5.75 Å². The highest BCUT2D eigenvalue weighted by Crippen LogP contribution is 2.34. The molecule has 1 aliphatic rings. The number of hydrogen-bond donors (Lipinski definition) is 4. The van der Waals surface area contributed by atoms with Crippen molar-refractivity contribution in [2.45, 2.75) is 31.3 Å². The number of aromatic hydroxyl groups is 1. The van der Waals surface area contributed by atoms with Gasteiger partial charge >= 0.3 is 0 Å². The predicted molar refractivity (Wildman–Crippen MR) is 64.9 cm³/mol. The third kappa shape index (κ3) is 2.44. The minimum Gasteiger partial charge on any atom is -0.508 e. The fourth-order valence-electron chi connectivity index (χ4n) is 2.32. The third-order valence-corrected chi connectivity index (χ3v) is 3.42. The second-order valence-corrected chi connectivity index (χ2v) is 5.00. The van der Waals surface area contributed by atoms with Crippen LogP contribution >= 0.6 is 0 Å². The molecule has 0 bridgehead atoms. The summed E-state index contributed by atoms with van der Waals surface area (Å²) in [5.41, 5.74) is 1.63. The summed E-state index contributed by atoms with van der Waals surface area (Å²) in [5.74, 6) is 0.288. The van der Waals surface area contributed by atoms with Crippen molar-refractivity contribution in [1.29, 1.82) is 0 Å². The van der Waals surface area contributed by atoms with Crippen LogP contribution in [0.1, 0.15) is 30.5 Å². The number of aliphatic hydroxyl groups excluding tert-OH is 2. The Kier molecular flexibility index (Phi) is 3.38. The molecule has 0 spiro atoms. The quantitative estimate of drug-likeness (QED) is 0.622. The Balaban J connectivity index is 2.17. The molecule has 4 N–H and O–H groups in total. The van der Waals surface area contributed by atoms with E-state index < -0.39 is 5.54 Å². The molecule has 94 valence electrons. The molecular formula is C13H19NO3. The first kappa shape index (κ1) is 12.4. The van der Waals surface area contributed by atoms with Crippen molar-refractivity contribution in [2.24, 2.45) is 0 Å². The lowest BCUT2D eigenvalue weighted by atomic mass is 10.0. The fourth-order valence-corrected chi connectivity index (χ4v) is 2.32. The molecule has 0 saturated carbocycles. The number of rotatable bonds is 4. The summed E-state index contributed by atoms with van der Waals surface area (Å²) in [5, 5.41) is 31.2. The van der Waals surface area contributed by atoms with Crippen LogP contribution in [0.2, 0.25) is 0 Å². The Labute approximate surface area is 101 Å². The second-order valence-electron chi connectivity index (χ2n) is 5.00. The van der Waals surface area contributed by atoms with E-state index in [1.54, 1.807) is 19.1 Å². The molecule has 1 aliphatic carbocycles. The maximum Gasteiger partial charge on any atom is 0.115 e. The summed E-state index contributed by atoms with van der Waals surface area (Å²) in [4.78, 5) is 0. The van der Waals surface area contributed by atoms with E-state index in [9.17, 15) is 15.3 Å². The smallest absolute Gasteiger partial charge is 0.115 e. The van der Waals surface area contributed by atoms with Crippen molar-refractivity contribution in [3.05, 3.63) is 29.3 Å². The fraction of sp³-hybridized carbons (Fsp3) is 0.538. The molecule has 4 heteroatoms. The van der Waals surface area contributed by atoms with Gasteiger partial charge in [-0.3, -0.25) is 0 Å². The van der Waals surface area contributed by atoms with Crippen molar-refractivity contribution in [1.82, 2.24) is 5.32 Å². The lowest BCUT2D eigenvalue weighted by Gasteiger charge is -2.30. The van der Waals surface area contributed by atoms with Crippen molar-refractivity contribution in [3.63, 3.8) is 0 Å². The van der Waals surface area contributed by atoms with E-state index in [1.807, 2.05) is 6.07 Å². The highest BCUT2D eigenvalue weighted by atomic mass is 16.3. The van der Waals surface area contributed by atoms with Crippen LogP contribution in [0, 0.1) is 0 Å². The monoisotopic (exact) mass is 237 g/mol. The summed E-state index contributed by atoms with van der Waals surface area (Å²) in [6.07, 6.45) is 1.84. The normalized spacial score (nSPS) is 19.4. The number of fused-ring (bicyclic) bond motifs is 1. The van der Waals surface area contributed by atoms with Crippen LogP contribution in [0.15, 0.2) is 18.2 Å². The molecule has 0 saturated heterocycles. The van der Waals surface area contributed by atoms with Crippen LogP contribution in [0.5, 0.6) is 5.75 Å². The minimum absolute atomic E-state index is 0.104. The highest BCUT2D eigenvalue weighted by molar-refractivity contribution is 5.40. The summed E-state index contributed by atoms with van der Waals surface area (Å²) < 4.78 is 0. The van der Waals surface area contributed by atoms with Crippen molar-refractivity contribution >= 4 is 0 Å². The number of nitrogens with one attached hydrogen (secondary N) is 1. The van der Waals surface area contributed by atoms with Gasteiger partial charge in [-0.15, -0.1) is 0 Å². The molecule has 1 aromatic rings. The average Bonchev–Trinajstić information content (AvgIpc) is 2.71. The molecule has 1 unspecified atom stereocenters. The number of aryl methyl sites for hydroxylation is 1. The summed E-state index contributed by atoms with van der Waals surface area (Å²) in [6.45, 7) is 1.59. The zero-order chi connectivity index (χ0) is 12.5. The number of hydrogen-bond acceptors (Lipinski definition) is 4. The molecule has 0 heterocycles. The Morgan fingerprint density at radius 3 is 2.71 bits per heavy atom. The van der Waals surface area contributed by atoms with Crippen LogP contribution < -0.4 is 5.32 Å². The molecule has 0 amide bonds. The Bertz CT molecular complexity index is 402. The van der Waals surface area contributed by atoms with Gasteiger partial charge < -0.3 is 20.6 Å². The van der Waals surface area contributed by atoms with Crippen LogP contribution in [0.3, 0.4) is 0 Å². The minimum atomic E-state index is -0.663. The van der Waals surface area contributed by atoms with Crippen molar-refractivity contribution in [3.8, 4) is 5.75 Å².